The maximum absolute atomic E-state index is 11.0. The molecule has 3 heteroatoms. The van der Waals surface area contributed by atoms with Crippen LogP contribution in [0.2, 0.25) is 0 Å². The number of hydrogen-bond donors (Lipinski definition) is 1. The van der Waals surface area contributed by atoms with E-state index in [1.54, 1.807) is 24.3 Å². The van der Waals surface area contributed by atoms with E-state index in [9.17, 15) is 4.79 Å². The Bertz CT molecular complexity index is 378. The fourth-order valence-electron chi connectivity index (χ4n) is 0.992. The van der Waals surface area contributed by atoms with Gasteiger partial charge in [-0.25, -0.2) is 4.79 Å². The molecule has 0 heterocycles. The lowest BCUT2D eigenvalue weighted by Crippen LogP contribution is -1.97. The molecule has 1 rings (SSSR count). The molecule has 0 bridgehead atoms. The van der Waals surface area contributed by atoms with Crippen molar-refractivity contribution in [2.75, 3.05) is 6.61 Å². The minimum absolute atomic E-state index is 0.338. The van der Waals surface area contributed by atoms with Crippen molar-refractivity contribution in [3.05, 3.63) is 41.5 Å². The molecule has 1 aromatic carbocycles. The molecule has 80 valence electrons. The van der Waals surface area contributed by atoms with Gasteiger partial charge < -0.3 is 9.85 Å². The Morgan fingerprint density at radius 3 is 2.67 bits per heavy atom. The molecule has 0 spiro atoms. The number of carboxylic acid groups (broad SMARTS) is 1. The smallest absolute Gasteiger partial charge is 0.335 e. The summed E-state index contributed by atoms with van der Waals surface area (Å²) < 4.78 is 11.9. The van der Waals surface area contributed by atoms with Crippen LogP contribution in [0.4, 0.5) is 0 Å². The zero-order valence-corrected chi connectivity index (χ0v) is 8.82. The van der Waals surface area contributed by atoms with Crippen LogP contribution >= 0.6 is 0 Å². The second-order valence-corrected chi connectivity index (χ2v) is 3.40. The molecule has 15 heavy (non-hydrogen) atoms. The Morgan fingerprint density at radius 1 is 1.47 bits per heavy atom. The van der Waals surface area contributed by atoms with Crippen LogP contribution in [0.1, 0.15) is 24.2 Å². The van der Waals surface area contributed by atoms with Crippen LogP contribution in [-0.4, -0.2) is 17.7 Å². The highest BCUT2D eigenvalue weighted by Crippen LogP contribution is 2.12. The minimum atomic E-state index is -0.671. The highest BCUT2D eigenvalue weighted by molar-refractivity contribution is 5.87. The van der Waals surface area contributed by atoms with Gasteiger partial charge in [0.05, 0.1) is 5.56 Å². The Morgan fingerprint density at radius 2 is 2.13 bits per heavy atom. The second kappa shape index (κ2) is 5.20. The summed E-state index contributed by atoms with van der Waals surface area (Å²) in [6.45, 7) is 4.50. The normalized spacial score (nSPS) is 10.1. The first-order valence-corrected chi connectivity index (χ1v) is 4.67. The van der Waals surface area contributed by atoms with Crippen LogP contribution in [0.15, 0.2) is 35.9 Å². The van der Waals surface area contributed by atoms with Crippen molar-refractivity contribution in [3.63, 3.8) is 0 Å². The number of aromatic carboxylic acids is 1. The fourth-order valence-corrected chi connectivity index (χ4v) is 0.992. The average Bonchev–Trinajstić information content (AvgIpc) is 2.28. The van der Waals surface area contributed by atoms with Crippen molar-refractivity contribution < 1.29 is 14.6 Å². The second-order valence-electron chi connectivity index (χ2n) is 3.40. The quantitative estimate of drug-likeness (QED) is 0.774. The fraction of sp³-hybridized carbons (Fsp3) is 0.250. The molecule has 0 unspecified atom stereocenters. The largest absolute Gasteiger partial charge is 0.490 e. The van der Waals surface area contributed by atoms with E-state index in [2.05, 4.69) is 5.11 Å². The number of ether oxygens (including phenoxy) is 1. The van der Waals surface area contributed by atoms with Gasteiger partial charge in [-0.05, 0) is 44.2 Å². The van der Waals surface area contributed by atoms with Crippen LogP contribution in [-0.2, 0) is 0 Å². The summed E-state index contributed by atoms with van der Waals surface area (Å²) in [5.41, 5.74) is 1.53. The first-order chi connectivity index (χ1) is 7.63. The molecule has 0 saturated heterocycles. The van der Waals surface area contributed by atoms with E-state index >= 15 is 0 Å². The maximum Gasteiger partial charge on any atom is 0.335 e. The van der Waals surface area contributed by atoms with Crippen LogP contribution in [0, 0.1) is 0 Å². The lowest BCUT2D eigenvalue weighted by molar-refractivity contribution is 0.0697. The average molecular weight is 208 g/mol. The zero-order chi connectivity index (χ0) is 12.0. The highest BCUT2D eigenvalue weighted by atomic mass is 16.5. The third-order valence-corrected chi connectivity index (χ3v) is 1.83. The minimum Gasteiger partial charge on any atom is -0.490 e. The van der Waals surface area contributed by atoms with Crippen molar-refractivity contribution in [3.8, 4) is 5.75 Å². The van der Waals surface area contributed by atoms with Crippen LogP contribution in [0.3, 0.4) is 0 Å². The van der Waals surface area contributed by atoms with Crippen molar-refractivity contribution >= 4 is 5.97 Å². The topological polar surface area (TPSA) is 46.5 Å². The van der Waals surface area contributed by atoms with E-state index in [1.165, 1.54) is 5.57 Å². The molecular weight excluding hydrogens is 192 g/mol. The molecule has 0 amide bonds. The molecule has 0 aliphatic heterocycles. The van der Waals surface area contributed by atoms with Gasteiger partial charge in [0.15, 0.2) is 0 Å². The number of benzene rings is 1. The third-order valence-electron chi connectivity index (χ3n) is 1.83. The lowest BCUT2D eigenvalue weighted by atomic mass is 10.2. The zero-order valence-electron chi connectivity index (χ0n) is 9.82. The Kier molecular flexibility index (Phi) is 3.38. The van der Waals surface area contributed by atoms with E-state index in [0.717, 1.165) is 0 Å². The van der Waals surface area contributed by atoms with E-state index in [1.807, 2.05) is 19.9 Å². The molecule has 0 aliphatic rings. The van der Waals surface area contributed by atoms with Crippen molar-refractivity contribution in [1.29, 1.82) is 1.43 Å². The molecule has 0 saturated carbocycles. The van der Waals surface area contributed by atoms with E-state index < -0.39 is 5.97 Å². The van der Waals surface area contributed by atoms with E-state index in [0.29, 0.717) is 17.9 Å². The molecule has 1 N–H and O–H groups in total. The summed E-state index contributed by atoms with van der Waals surface area (Å²) in [6.07, 6.45) is 1.96. The summed E-state index contributed by atoms with van der Waals surface area (Å²) in [5, 5.41) is 3.85. The summed E-state index contributed by atoms with van der Waals surface area (Å²) >= 11 is 0. The SMILES string of the molecule is [3H]OC(=O)c1ccc(OCC=C(C)C)cc1. The Hall–Kier alpha value is -1.77. The summed E-state index contributed by atoms with van der Waals surface area (Å²) in [5.74, 6) is 0.00915. The molecular formula is C12H14O3. The summed E-state index contributed by atoms with van der Waals surface area (Å²) in [4.78, 5) is 11.0. The number of carbonyl (C=O) groups is 1. The highest BCUT2D eigenvalue weighted by Gasteiger charge is 2.01. The molecule has 0 aliphatic carbocycles. The number of hydrogen-bond acceptors (Lipinski definition) is 3. The molecule has 0 aromatic heterocycles. The van der Waals surface area contributed by atoms with Crippen LogP contribution < -0.4 is 4.74 Å². The Labute approximate surface area is 90.5 Å². The van der Waals surface area contributed by atoms with Crippen LogP contribution in [0.5, 0.6) is 5.75 Å². The van der Waals surface area contributed by atoms with Crippen LogP contribution in [0.25, 0.3) is 1.43 Å². The molecule has 0 radical (unpaired) electrons. The van der Waals surface area contributed by atoms with Gasteiger partial charge in [0.25, 0.3) is 1.43 Å². The van der Waals surface area contributed by atoms with Gasteiger partial charge in [0.2, 0.25) is 0 Å². The number of rotatable bonds is 4. The first kappa shape index (κ1) is 9.77. The molecule has 3 nitrogen and oxygen atoms in total. The Balaban J connectivity index is 2.58. The maximum atomic E-state index is 11.0. The van der Waals surface area contributed by atoms with Gasteiger partial charge >= 0.3 is 5.97 Å². The van der Waals surface area contributed by atoms with Gasteiger partial charge in [-0.15, -0.1) is 0 Å². The van der Waals surface area contributed by atoms with Gasteiger partial charge in [-0.2, -0.15) is 0 Å². The first-order valence-electron chi connectivity index (χ1n) is 5.08. The summed E-state index contributed by atoms with van der Waals surface area (Å²) in [6, 6.07) is 6.47. The van der Waals surface area contributed by atoms with Crippen molar-refractivity contribution in [2.45, 2.75) is 13.8 Å². The van der Waals surface area contributed by atoms with Gasteiger partial charge in [-0.1, -0.05) is 5.57 Å². The van der Waals surface area contributed by atoms with Gasteiger partial charge in [0, 0.05) is 0 Å². The summed E-state index contributed by atoms with van der Waals surface area (Å²) in [7, 11) is 0. The van der Waals surface area contributed by atoms with E-state index in [-0.39, 0.29) is 0 Å². The lowest BCUT2D eigenvalue weighted by Gasteiger charge is -2.03. The monoisotopic (exact) mass is 208 g/mol. The van der Waals surface area contributed by atoms with Crippen molar-refractivity contribution in [1.82, 2.24) is 0 Å². The predicted molar refractivity (Wildman–Crippen MR) is 58.3 cm³/mol. The van der Waals surface area contributed by atoms with Crippen molar-refractivity contribution in [2.24, 2.45) is 0 Å². The molecule has 0 fully saturated rings. The number of allylic oxidation sites excluding steroid dienone is 1. The van der Waals surface area contributed by atoms with E-state index in [4.69, 9.17) is 6.17 Å². The number of carboxylic acids is 1. The molecule has 1 aromatic rings. The molecule has 0 atom stereocenters. The standard InChI is InChI=1S/C12H14O3/c1-9(2)7-8-15-11-5-3-10(4-6-11)12(13)14/h3-7H,8H2,1-2H3,(H,13,14)/i/hT. The predicted octanol–water partition coefficient (Wildman–Crippen LogP) is 2.73. The third kappa shape index (κ3) is 3.85. The van der Waals surface area contributed by atoms with Gasteiger partial charge in [-0.3, -0.25) is 0 Å². The van der Waals surface area contributed by atoms with Gasteiger partial charge in [0.1, 0.15) is 12.4 Å².